The van der Waals surface area contributed by atoms with Crippen molar-refractivity contribution in [3.8, 4) is 11.8 Å². The van der Waals surface area contributed by atoms with E-state index in [0.717, 1.165) is 61.2 Å². The van der Waals surface area contributed by atoms with E-state index in [-0.39, 0.29) is 35.4 Å². The number of hydrogen-bond acceptors (Lipinski definition) is 5. The molecule has 2 aromatic heterocycles. The van der Waals surface area contributed by atoms with E-state index in [2.05, 4.69) is 57.4 Å². The van der Waals surface area contributed by atoms with Crippen molar-refractivity contribution in [2.75, 3.05) is 13.7 Å². The third-order valence-corrected chi connectivity index (χ3v) is 9.13. The zero-order valence-electron chi connectivity index (χ0n) is 23.5. The van der Waals surface area contributed by atoms with Gasteiger partial charge in [0, 0.05) is 65.0 Å². The highest BCUT2D eigenvalue weighted by Gasteiger charge is 2.49. The molecule has 8 heteroatoms. The number of fused-ring (bicyclic) bond motifs is 1. The van der Waals surface area contributed by atoms with Crippen LogP contribution in [0.4, 0.5) is 0 Å². The highest BCUT2D eigenvalue weighted by atomic mass is 16.5. The number of H-pyrrole nitrogens is 2. The van der Waals surface area contributed by atoms with Crippen LogP contribution in [0.2, 0.25) is 0 Å². The molecule has 1 saturated heterocycles. The first-order valence-corrected chi connectivity index (χ1v) is 14.2. The summed E-state index contributed by atoms with van der Waals surface area (Å²) in [4.78, 5) is 33.4. The van der Waals surface area contributed by atoms with Gasteiger partial charge in [0.25, 0.3) is 11.5 Å². The highest BCUT2D eigenvalue weighted by Crippen LogP contribution is 2.56. The summed E-state index contributed by atoms with van der Waals surface area (Å²) in [5.41, 5.74) is 5.69. The number of aromatic amines is 2. The molecule has 6 rings (SSSR count). The maximum absolute atomic E-state index is 12.9. The van der Waals surface area contributed by atoms with E-state index in [0.29, 0.717) is 11.1 Å². The van der Waals surface area contributed by atoms with Crippen LogP contribution in [0.25, 0.3) is 10.9 Å². The van der Waals surface area contributed by atoms with Crippen LogP contribution in [0.1, 0.15) is 64.3 Å². The lowest BCUT2D eigenvalue weighted by Gasteiger charge is -2.53. The van der Waals surface area contributed by atoms with Crippen molar-refractivity contribution < 1.29 is 9.53 Å². The van der Waals surface area contributed by atoms with Crippen molar-refractivity contribution in [1.82, 2.24) is 20.2 Å². The fourth-order valence-electron chi connectivity index (χ4n) is 6.86. The second kappa shape index (κ2) is 10.9. The first-order valence-electron chi connectivity index (χ1n) is 14.2. The van der Waals surface area contributed by atoms with Crippen LogP contribution in [-0.4, -0.2) is 34.4 Å². The van der Waals surface area contributed by atoms with Gasteiger partial charge in [0.1, 0.15) is 5.75 Å². The second-order valence-corrected chi connectivity index (χ2v) is 11.6. The number of aryl methyl sites for hydroxylation is 1. The predicted molar refractivity (Wildman–Crippen MR) is 157 cm³/mol. The normalized spacial score (nSPS) is 22.3. The number of benzene rings is 2. The summed E-state index contributed by atoms with van der Waals surface area (Å²) in [7, 11) is 1.73. The summed E-state index contributed by atoms with van der Waals surface area (Å²) in [5, 5.41) is 13.5. The van der Waals surface area contributed by atoms with Gasteiger partial charge in [-0.15, -0.1) is 0 Å². The molecule has 1 spiro atoms. The van der Waals surface area contributed by atoms with Gasteiger partial charge in [0.2, 0.25) is 0 Å². The number of nitrogens with zero attached hydrogens (tertiary/aromatic N) is 2. The quantitative estimate of drug-likeness (QED) is 0.287. The smallest absolute Gasteiger partial charge is 0.252 e. The number of hydrogen-bond donors (Lipinski definition) is 3. The van der Waals surface area contributed by atoms with E-state index in [9.17, 15) is 14.9 Å². The van der Waals surface area contributed by atoms with Crippen LogP contribution >= 0.6 is 0 Å². The lowest BCUT2D eigenvalue weighted by molar-refractivity contribution is -0.0298. The number of rotatable bonds is 7. The molecule has 8 nitrogen and oxygen atoms in total. The Bertz CT molecular complexity index is 1670. The number of methoxy groups -OCH3 is 1. The highest BCUT2D eigenvalue weighted by molar-refractivity contribution is 5.94. The third-order valence-electron chi connectivity index (χ3n) is 9.13. The fraction of sp³-hybridized carbons (Fsp3) is 0.364. The minimum absolute atomic E-state index is 0.154. The summed E-state index contributed by atoms with van der Waals surface area (Å²) in [6.45, 7) is 3.94. The fourth-order valence-corrected chi connectivity index (χ4v) is 6.86. The molecule has 3 N–H and O–H groups in total. The van der Waals surface area contributed by atoms with Crippen molar-refractivity contribution in [2.45, 2.75) is 51.7 Å². The van der Waals surface area contributed by atoms with Gasteiger partial charge in [-0.1, -0.05) is 18.2 Å². The largest absolute Gasteiger partial charge is 0.496 e. The molecule has 1 aliphatic carbocycles. The molecule has 1 atom stereocenters. The van der Waals surface area contributed by atoms with E-state index >= 15 is 0 Å². The number of piperidine rings is 1. The summed E-state index contributed by atoms with van der Waals surface area (Å²) in [6, 6.07) is 18.2. The number of nitrogens with one attached hydrogen (secondary N) is 3. The number of ether oxygens (including phenoxy) is 1. The van der Waals surface area contributed by atoms with Gasteiger partial charge in [-0.25, -0.2) is 0 Å². The van der Waals surface area contributed by atoms with Gasteiger partial charge in [-0.2, -0.15) is 5.26 Å². The standard InChI is InChI=1S/C33H35N5O3/c1-21-14-29(41-2)27(26-9-12-35-30(21)26)20-38-13-10-33(15-22(16-33)18-34)17-28(38)23-5-7-24(8-6-23)31(39)37-19-25-4-3-11-36-32(25)40/h3-9,11-12,14,22,28,35H,10,13,15-17,19-20H2,1-2H3,(H,36,40)(H,37,39)/t22?,28-,33?/m0/s1. The topological polar surface area (TPSA) is 114 Å². The molecular weight excluding hydrogens is 514 g/mol. The second-order valence-electron chi connectivity index (χ2n) is 11.6. The summed E-state index contributed by atoms with van der Waals surface area (Å²) in [5.74, 6) is 0.833. The van der Waals surface area contributed by atoms with Crippen LogP contribution in [-0.2, 0) is 13.1 Å². The maximum Gasteiger partial charge on any atom is 0.252 e. The maximum atomic E-state index is 12.9. The number of amides is 1. The molecular formula is C33H35N5O3. The van der Waals surface area contributed by atoms with Crippen molar-refractivity contribution in [2.24, 2.45) is 11.3 Å². The zero-order valence-corrected chi connectivity index (χ0v) is 23.5. The first kappa shape index (κ1) is 26.9. The minimum Gasteiger partial charge on any atom is -0.496 e. The molecule has 1 amide bonds. The first-order chi connectivity index (χ1) is 19.9. The molecule has 3 heterocycles. The van der Waals surface area contributed by atoms with Crippen molar-refractivity contribution >= 4 is 16.8 Å². The molecule has 41 heavy (non-hydrogen) atoms. The Labute approximate surface area is 239 Å². The molecule has 0 unspecified atom stereocenters. The summed E-state index contributed by atoms with van der Waals surface area (Å²) >= 11 is 0. The monoisotopic (exact) mass is 549 g/mol. The Morgan fingerprint density at radius 2 is 1.95 bits per heavy atom. The number of carbonyl (C=O) groups excluding carboxylic acids is 1. The molecule has 0 bridgehead atoms. The van der Waals surface area contributed by atoms with E-state index in [1.165, 1.54) is 10.9 Å². The van der Waals surface area contributed by atoms with Gasteiger partial charge in [0.15, 0.2) is 0 Å². The number of likely N-dealkylation sites (tertiary alicyclic amines) is 1. The minimum atomic E-state index is -0.216. The summed E-state index contributed by atoms with van der Waals surface area (Å²) < 4.78 is 5.85. The summed E-state index contributed by atoms with van der Waals surface area (Å²) in [6.07, 6.45) is 7.54. The molecule has 4 aromatic rings. The predicted octanol–water partition coefficient (Wildman–Crippen LogP) is 5.36. The van der Waals surface area contributed by atoms with E-state index in [1.54, 1.807) is 25.4 Å². The van der Waals surface area contributed by atoms with Crippen LogP contribution in [0, 0.1) is 29.6 Å². The van der Waals surface area contributed by atoms with Crippen molar-refractivity contribution in [3.63, 3.8) is 0 Å². The van der Waals surface area contributed by atoms with Crippen molar-refractivity contribution in [1.29, 1.82) is 5.26 Å². The Morgan fingerprint density at radius 3 is 2.68 bits per heavy atom. The number of pyridine rings is 1. The molecule has 1 saturated carbocycles. The number of nitriles is 1. The van der Waals surface area contributed by atoms with Crippen LogP contribution < -0.4 is 15.6 Å². The Morgan fingerprint density at radius 1 is 1.15 bits per heavy atom. The SMILES string of the molecule is COc1cc(C)c2[nH]ccc2c1CN1CCC2(CC(C#N)C2)C[C@H]1c1ccc(C(=O)NCc2ccc[nH]c2=O)cc1. The molecule has 2 aromatic carbocycles. The Balaban J connectivity index is 1.25. The average molecular weight is 550 g/mol. The zero-order chi connectivity index (χ0) is 28.6. The third kappa shape index (κ3) is 5.14. The van der Waals surface area contributed by atoms with Crippen LogP contribution in [0.5, 0.6) is 5.75 Å². The van der Waals surface area contributed by atoms with E-state index in [4.69, 9.17) is 4.74 Å². The van der Waals surface area contributed by atoms with E-state index < -0.39 is 0 Å². The lowest BCUT2D eigenvalue weighted by atomic mass is 9.56. The number of carbonyl (C=O) groups is 1. The van der Waals surface area contributed by atoms with E-state index in [1.807, 2.05) is 18.3 Å². The van der Waals surface area contributed by atoms with Crippen LogP contribution in [0.3, 0.4) is 0 Å². The molecule has 1 aliphatic heterocycles. The number of aromatic nitrogens is 2. The molecule has 0 radical (unpaired) electrons. The van der Waals surface area contributed by atoms with Crippen LogP contribution in [0.15, 0.2) is 65.7 Å². The Hall–Kier alpha value is -4.35. The average Bonchev–Trinajstić information content (AvgIpc) is 3.48. The van der Waals surface area contributed by atoms with Gasteiger partial charge in [0.05, 0.1) is 13.2 Å². The van der Waals surface area contributed by atoms with Gasteiger partial charge >= 0.3 is 0 Å². The van der Waals surface area contributed by atoms with Crippen molar-refractivity contribution in [3.05, 3.63) is 99.1 Å². The van der Waals surface area contributed by atoms with Gasteiger partial charge in [-0.05, 0) is 86.0 Å². The molecule has 2 aliphatic rings. The van der Waals surface area contributed by atoms with Gasteiger partial charge < -0.3 is 20.0 Å². The lowest BCUT2D eigenvalue weighted by Crippen LogP contribution is -2.48. The Kier molecular flexibility index (Phi) is 7.14. The molecule has 210 valence electrons. The van der Waals surface area contributed by atoms with Gasteiger partial charge in [-0.3, -0.25) is 14.5 Å². The molecule has 2 fully saturated rings.